The van der Waals surface area contributed by atoms with E-state index >= 15 is 0 Å². The highest BCUT2D eigenvalue weighted by Gasteiger charge is 2.66. The Bertz CT molecular complexity index is 705. The Hall–Kier alpha value is -1.13. The van der Waals surface area contributed by atoms with Gasteiger partial charge in [-0.2, -0.15) is 0 Å². The van der Waals surface area contributed by atoms with Crippen LogP contribution in [-0.2, 0) is 19.0 Å². The Morgan fingerprint density at radius 1 is 1.18 bits per heavy atom. The van der Waals surface area contributed by atoms with Crippen LogP contribution in [0.1, 0.15) is 65.2 Å². The number of hydrogen-bond acceptors (Lipinski definition) is 4. The van der Waals surface area contributed by atoms with Gasteiger partial charge in [0.15, 0.2) is 5.79 Å². The van der Waals surface area contributed by atoms with Crippen LogP contribution in [-0.4, -0.2) is 31.1 Å². The summed E-state index contributed by atoms with van der Waals surface area (Å²) in [6.45, 7) is 9.76. The number of carbonyl (C=O) groups is 1. The molecule has 154 valence electrons. The van der Waals surface area contributed by atoms with Crippen molar-refractivity contribution in [2.24, 2.45) is 28.6 Å². The van der Waals surface area contributed by atoms with E-state index in [0.29, 0.717) is 17.8 Å². The number of allylic oxidation sites excluding steroid dienone is 2. The van der Waals surface area contributed by atoms with E-state index in [1.54, 1.807) is 0 Å². The smallest absolute Gasteiger partial charge is 0.302 e. The van der Waals surface area contributed by atoms with Crippen LogP contribution < -0.4 is 0 Å². The molecule has 0 aromatic rings. The summed E-state index contributed by atoms with van der Waals surface area (Å²) in [5.41, 5.74) is 1.70. The SMILES string of the molecule is C=C[C@]12CC[C@H](OC(C)=O)CC1=CCC1C2CC[C@@]2(C)C1CCC21OCCO1. The van der Waals surface area contributed by atoms with Gasteiger partial charge in [0.25, 0.3) is 0 Å². The molecule has 4 heteroatoms. The first-order valence-corrected chi connectivity index (χ1v) is 11.2. The summed E-state index contributed by atoms with van der Waals surface area (Å²) in [4.78, 5) is 11.4. The first kappa shape index (κ1) is 18.9. The number of ether oxygens (including phenoxy) is 3. The van der Waals surface area contributed by atoms with E-state index in [1.165, 1.54) is 31.8 Å². The molecule has 1 heterocycles. The molecule has 0 aromatic carbocycles. The summed E-state index contributed by atoms with van der Waals surface area (Å²) in [7, 11) is 0. The molecule has 4 nitrogen and oxygen atoms in total. The fraction of sp³-hybridized carbons (Fsp3) is 0.792. The topological polar surface area (TPSA) is 44.8 Å². The van der Waals surface area contributed by atoms with Crippen molar-refractivity contribution in [2.45, 2.75) is 77.1 Å². The predicted molar refractivity (Wildman–Crippen MR) is 106 cm³/mol. The van der Waals surface area contributed by atoms with Crippen LogP contribution in [0.25, 0.3) is 0 Å². The van der Waals surface area contributed by atoms with E-state index in [9.17, 15) is 4.79 Å². The first-order valence-electron chi connectivity index (χ1n) is 11.2. The lowest BCUT2D eigenvalue weighted by atomic mass is 9.47. The molecule has 0 N–H and O–H groups in total. The van der Waals surface area contributed by atoms with E-state index in [0.717, 1.165) is 45.3 Å². The zero-order valence-electron chi connectivity index (χ0n) is 17.4. The normalized spacial score (nSPS) is 46.3. The maximum atomic E-state index is 11.4. The number of rotatable bonds is 2. The van der Waals surface area contributed by atoms with E-state index < -0.39 is 0 Å². The molecule has 4 aliphatic carbocycles. The number of fused-ring (bicyclic) bond motifs is 6. The van der Waals surface area contributed by atoms with Crippen LogP contribution >= 0.6 is 0 Å². The second-order valence-corrected chi connectivity index (χ2v) is 10.0. The summed E-state index contributed by atoms with van der Waals surface area (Å²) < 4.78 is 18.1. The standard InChI is InChI=1S/C24H34O4/c1-4-23-11-7-18(28-16(2)25)15-17(23)5-6-19-20-9-12-24(26-13-14-27-24)22(20,3)10-8-21(19)23/h4-5,18-21H,1,6-15H2,2-3H3/t18-,19?,20?,21?,22-,23-/m0/s1. The summed E-state index contributed by atoms with van der Waals surface area (Å²) in [5.74, 6) is 1.49. The van der Waals surface area contributed by atoms with Gasteiger partial charge in [-0.3, -0.25) is 4.79 Å². The molecular weight excluding hydrogens is 352 g/mol. The number of esters is 1. The molecule has 5 aliphatic rings. The minimum atomic E-state index is -0.332. The van der Waals surface area contributed by atoms with Gasteiger partial charge < -0.3 is 14.2 Å². The van der Waals surface area contributed by atoms with Crippen molar-refractivity contribution in [3.05, 3.63) is 24.3 Å². The molecule has 0 amide bonds. The van der Waals surface area contributed by atoms with E-state index in [-0.39, 0.29) is 28.7 Å². The van der Waals surface area contributed by atoms with Gasteiger partial charge in [-0.1, -0.05) is 24.6 Å². The zero-order valence-corrected chi connectivity index (χ0v) is 17.4. The van der Waals surface area contributed by atoms with Crippen LogP contribution in [0.4, 0.5) is 0 Å². The van der Waals surface area contributed by atoms with E-state index in [1.807, 2.05) is 0 Å². The van der Waals surface area contributed by atoms with Crippen molar-refractivity contribution in [1.82, 2.24) is 0 Å². The lowest BCUT2D eigenvalue weighted by Gasteiger charge is -2.58. The average molecular weight is 387 g/mol. The van der Waals surface area contributed by atoms with Crippen molar-refractivity contribution < 1.29 is 19.0 Å². The van der Waals surface area contributed by atoms with E-state index in [2.05, 4.69) is 25.7 Å². The quantitative estimate of drug-likeness (QED) is 0.506. The molecule has 1 aliphatic heterocycles. The average Bonchev–Trinajstić information content (AvgIpc) is 3.27. The maximum absolute atomic E-state index is 11.4. The second-order valence-electron chi connectivity index (χ2n) is 10.0. The van der Waals surface area contributed by atoms with Gasteiger partial charge in [-0.05, 0) is 56.3 Å². The summed E-state index contributed by atoms with van der Waals surface area (Å²) >= 11 is 0. The zero-order chi connectivity index (χ0) is 19.6. The van der Waals surface area contributed by atoms with Crippen LogP contribution in [0.3, 0.4) is 0 Å². The molecule has 5 rings (SSSR count). The van der Waals surface area contributed by atoms with Crippen LogP contribution in [0.15, 0.2) is 24.3 Å². The lowest BCUT2D eigenvalue weighted by molar-refractivity contribution is -0.241. The third kappa shape index (κ3) is 2.40. The Morgan fingerprint density at radius 2 is 1.93 bits per heavy atom. The summed E-state index contributed by atoms with van der Waals surface area (Å²) in [5, 5.41) is 0. The molecule has 3 unspecified atom stereocenters. The van der Waals surface area contributed by atoms with Crippen LogP contribution in [0.5, 0.6) is 0 Å². The molecule has 1 saturated heterocycles. The van der Waals surface area contributed by atoms with Crippen molar-refractivity contribution in [3.63, 3.8) is 0 Å². The van der Waals surface area contributed by atoms with Gasteiger partial charge in [0.1, 0.15) is 6.10 Å². The molecule has 4 fully saturated rings. The maximum Gasteiger partial charge on any atom is 0.302 e. The van der Waals surface area contributed by atoms with Gasteiger partial charge in [0.05, 0.1) is 13.2 Å². The van der Waals surface area contributed by atoms with Crippen molar-refractivity contribution in [1.29, 1.82) is 0 Å². The highest BCUT2D eigenvalue weighted by Crippen LogP contribution is 2.68. The molecule has 0 bridgehead atoms. The highest BCUT2D eigenvalue weighted by atomic mass is 16.7. The van der Waals surface area contributed by atoms with Gasteiger partial charge >= 0.3 is 5.97 Å². The third-order valence-electron chi connectivity index (χ3n) is 9.16. The molecule has 6 atom stereocenters. The molecule has 0 aromatic heterocycles. The molecule has 28 heavy (non-hydrogen) atoms. The molecule has 3 saturated carbocycles. The summed E-state index contributed by atoms with van der Waals surface area (Å²) in [6.07, 6.45) is 13.4. The van der Waals surface area contributed by atoms with E-state index in [4.69, 9.17) is 14.2 Å². The Labute approximate surface area is 168 Å². The minimum Gasteiger partial charge on any atom is -0.462 e. The highest BCUT2D eigenvalue weighted by molar-refractivity contribution is 5.66. The summed E-state index contributed by atoms with van der Waals surface area (Å²) in [6, 6.07) is 0. The monoisotopic (exact) mass is 386 g/mol. The predicted octanol–water partition coefficient (Wildman–Crippen LogP) is 4.79. The van der Waals surface area contributed by atoms with Gasteiger partial charge in [-0.25, -0.2) is 0 Å². The van der Waals surface area contributed by atoms with Crippen molar-refractivity contribution >= 4 is 5.97 Å². The first-order chi connectivity index (χ1) is 13.4. The molecular formula is C24H34O4. The molecule has 0 radical (unpaired) electrons. The third-order valence-corrected chi connectivity index (χ3v) is 9.16. The molecule has 1 spiro atoms. The second kappa shape index (κ2) is 6.43. The Balaban J connectivity index is 1.45. The number of hydrogen-bond donors (Lipinski definition) is 0. The van der Waals surface area contributed by atoms with Crippen molar-refractivity contribution in [3.8, 4) is 0 Å². The Morgan fingerprint density at radius 3 is 2.64 bits per heavy atom. The lowest BCUT2D eigenvalue weighted by Crippen LogP contribution is -2.55. The van der Waals surface area contributed by atoms with Gasteiger partial charge in [0.2, 0.25) is 0 Å². The van der Waals surface area contributed by atoms with Crippen molar-refractivity contribution in [2.75, 3.05) is 13.2 Å². The van der Waals surface area contributed by atoms with Crippen LogP contribution in [0.2, 0.25) is 0 Å². The largest absolute Gasteiger partial charge is 0.462 e. The Kier molecular flexibility index (Phi) is 4.34. The van der Waals surface area contributed by atoms with Gasteiger partial charge in [0, 0.05) is 30.6 Å². The van der Waals surface area contributed by atoms with Crippen LogP contribution in [0, 0.1) is 28.6 Å². The van der Waals surface area contributed by atoms with Gasteiger partial charge in [-0.15, -0.1) is 6.58 Å². The number of carbonyl (C=O) groups excluding carboxylic acids is 1. The minimum absolute atomic E-state index is 0.0391. The fourth-order valence-corrected chi connectivity index (χ4v) is 7.93. The fourth-order valence-electron chi connectivity index (χ4n) is 7.93.